The number of H-pyrrole nitrogens is 2. The van der Waals surface area contributed by atoms with Crippen molar-refractivity contribution in [1.29, 1.82) is 0 Å². The Labute approximate surface area is 528 Å². The number of allylic oxidation sites excluding steroid dienone is 3. The first-order valence-corrected chi connectivity index (χ1v) is 29.7. The minimum atomic E-state index is -0.428. The van der Waals surface area contributed by atoms with E-state index < -0.39 is 5.97 Å². The second-order valence-corrected chi connectivity index (χ2v) is 21.9. The number of nitrogens with zero attached hydrogens (tertiary/aromatic N) is 6. The van der Waals surface area contributed by atoms with Crippen molar-refractivity contribution in [1.82, 2.24) is 9.97 Å². The number of hydrogen-bond acceptors (Lipinski definition) is 12. The summed E-state index contributed by atoms with van der Waals surface area (Å²) in [5.41, 5.74) is 38.4. The van der Waals surface area contributed by atoms with Crippen molar-refractivity contribution in [2.75, 3.05) is 26.2 Å². The number of hydrogen-bond donors (Lipinski definition) is 4. The predicted molar refractivity (Wildman–Crippen MR) is 329 cm³/mol. The Balaban J connectivity index is 0.0000100. The van der Waals surface area contributed by atoms with Crippen LogP contribution >= 0.6 is 0 Å². The van der Waals surface area contributed by atoms with Crippen molar-refractivity contribution in [2.24, 2.45) is 22.9 Å². The molecule has 0 fully saturated rings. The zero-order valence-corrected chi connectivity index (χ0v) is 52.4. The van der Waals surface area contributed by atoms with Gasteiger partial charge in [0.05, 0.1) is 32.6 Å². The van der Waals surface area contributed by atoms with Crippen LogP contribution in [0.3, 0.4) is 0 Å². The average molecular weight is 1210 g/mol. The van der Waals surface area contributed by atoms with E-state index in [1.54, 1.807) is 0 Å². The Morgan fingerprint density at radius 3 is 1.07 bits per heavy atom. The smallest absolute Gasteiger partial charge is 0.657 e. The number of carbonyl (C=O) groups is 4. The second-order valence-electron chi connectivity index (χ2n) is 21.9. The van der Waals surface area contributed by atoms with Crippen molar-refractivity contribution in [3.8, 4) is 0 Å². The zero-order chi connectivity index (χ0) is 61.4. The molecule has 0 saturated heterocycles. The zero-order valence-electron chi connectivity index (χ0n) is 50.9. The van der Waals surface area contributed by atoms with Gasteiger partial charge in [-0.15, -0.1) is 22.1 Å². The van der Waals surface area contributed by atoms with Crippen LogP contribution in [-0.2, 0) is 104 Å². The van der Waals surface area contributed by atoms with Crippen LogP contribution in [0.4, 0.5) is 0 Å². The molecule has 88 heavy (non-hydrogen) atoms. The van der Waals surface area contributed by atoms with E-state index >= 15 is 0 Å². The first kappa shape index (κ1) is 65.7. The van der Waals surface area contributed by atoms with E-state index in [0.29, 0.717) is 111 Å². The third-order valence-electron chi connectivity index (χ3n) is 15.8. The van der Waals surface area contributed by atoms with Crippen LogP contribution in [-0.4, -0.2) is 73.1 Å². The van der Waals surface area contributed by atoms with Crippen molar-refractivity contribution in [3.05, 3.63) is 190 Å². The molecule has 452 valence electrons. The van der Waals surface area contributed by atoms with Gasteiger partial charge in [-0.2, -0.15) is 0 Å². The standard InChI is InChI=1S/C67H78N12O8.Mg/c1-44-52(5-8-64(80)84-40-48-11-23-76(24-12-48)31-19-68)60-37-59-47(4)55(35-67(83)87-43-51-17-29-79(30-18-51)34-22-71)63(75-59)38-58-46(3)54(7-10-66(82)86-42-50-15-27-78(28-16-50)33-21-70)62(74-58)39-61-53(45(2)57(73-61)36-56(44)72-60)6-9-65(81)85-41-49-13-25-77(26-14-49)32-20-69;/h11-18,23-30,36-39H,5-10,19-22,31-35,40-43,68-71H2,1-4H3;/q2*+2/p+2. The molecule has 8 bridgehead atoms. The summed E-state index contributed by atoms with van der Waals surface area (Å²) in [4.78, 5) is 72.6. The molecule has 21 heteroatoms. The Morgan fingerprint density at radius 1 is 0.409 bits per heavy atom. The number of carbonyl (C=O) groups excluding carboxylic acids is 4. The van der Waals surface area contributed by atoms with Crippen molar-refractivity contribution >= 4 is 91.3 Å². The molecule has 10 N–H and O–H groups in total. The van der Waals surface area contributed by atoms with Crippen LogP contribution in [0.15, 0.2) is 122 Å². The summed E-state index contributed by atoms with van der Waals surface area (Å²) in [6.07, 6.45) is 16.5. The number of fused-ring (bicyclic) bond motifs is 8. The van der Waals surface area contributed by atoms with Gasteiger partial charge in [0.25, 0.3) is 0 Å². The molecule has 0 aliphatic carbocycles. The van der Waals surface area contributed by atoms with Gasteiger partial charge in [-0.05, 0) is 71.2 Å². The van der Waals surface area contributed by atoms with E-state index in [-0.39, 0.29) is 93.1 Å². The quantitative estimate of drug-likeness (QED) is 0.0248. The van der Waals surface area contributed by atoms with Crippen molar-refractivity contribution in [3.63, 3.8) is 0 Å². The summed E-state index contributed by atoms with van der Waals surface area (Å²) >= 11 is 0. The number of aromatic nitrogens is 8. The van der Waals surface area contributed by atoms with Crippen LogP contribution in [0, 0.1) is 13.8 Å². The average Bonchev–Trinajstić information content (AvgIpc) is 2.68. The Bertz CT molecular complexity index is 3860. The third-order valence-corrected chi connectivity index (χ3v) is 15.8. The Hall–Kier alpha value is -8.31. The van der Waals surface area contributed by atoms with E-state index in [0.717, 1.165) is 72.6 Å². The molecule has 9 rings (SSSR count). The van der Waals surface area contributed by atoms with Crippen molar-refractivity contribution in [2.45, 2.75) is 125 Å². The molecular formula is C67H80MgN12O8+6. The summed E-state index contributed by atoms with van der Waals surface area (Å²) in [6, 6.07) is 23.2. The van der Waals surface area contributed by atoms with Crippen molar-refractivity contribution < 1.29 is 66.4 Å². The van der Waals surface area contributed by atoms with E-state index in [2.05, 4.69) is 9.97 Å². The summed E-state index contributed by atoms with van der Waals surface area (Å²) < 4.78 is 31.2. The van der Waals surface area contributed by atoms with E-state index in [1.807, 2.05) is 168 Å². The number of rotatable bonds is 27. The van der Waals surface area contributed by atoms with Gasteiger partial charge in [-0.3, -0.25) is 19.2 Å². The Morgan fingerprint density at radius 2 is 0.705 bits per heavy atom. The van der Waals surface area contributed by atoms with Gasteiger partial charge in [0, 0.05) is 112 Å². The number of esters is 4. The van der Waals surface area contributed by atoms with E-state index in [4.69, 9.17) is 51.9 Å². The topological polar surface area (TPSA) is 281 Å². The molecular weight excluding hydrogens is 1130 g/mol. The molecule has 9 heterocycles. The summed E-state index contributed by atoms with van der Waals surface area (Å²) in [6.45, 7) is 13.1. The molecule has 0 amide bonds. The molecule has 2 aliphatic heterocycles. The van der Waals surface area contributed by atoms with Crippen LogP contribution in [0.1, 0.15) is 113 Å². The van der Waals surface area contributed by atoms with E-state index in [9.17, 15) is 19.2 Å². The van der Waals surface area contributed by atoms with Crippen LogP contribution < -0.4 is 61.1 Å². The molecule has 0 radical (unpaired) electrons. The maximum Gasteiger partial charge on any atom is 2.00 e. The molecule has 0 unspecified atom stereocenters. The van der Waals surface area contributed by atoms with E-state index in [1.165, 1.54) is 0 Å². The van der Waals surface area contributed by atoms with Crippen LogP contribution in [0.2, 0.25) is 0 Å². The summed E-state index contributed by atoms with van der Waals surface area (Å²) in [5.74, 6) is -1.52. The summed E-state index contributed by atoms with van der Waals surface area (Å²) in [7, 11) is 0. The van der Waals surface area contributed by atoms with Gasteiger partial charge >= 0.3 is 46.9 Å². The number of ether oxygens (including phenoxy) is 4. The number of nitrogens with one attached hydrogen (secondary N) is 2. The SMILES string of the molecule is CC1=C(CCC(=O)OCc2cc[n+](CCN)cc2)c2cc3[n-]c(cc4[nH+]c(cc5[n-]c(cc1[nH+]2)c(C)c5CCC(=O)OCc1cc[n+](CCN)cc1)C(C)=C4CC(=O)OCc1cc[n+](CCN)cc1)c(C)c3CCC(=O)OCc1cc[n+](CCN)cc1.[Mg+2]. The van der Waals surface area contributed by atoms with Crippen LogP contribution in [0.25, 0.3) is 44.4 Å². The predicted octanol–water partition coefficient (Wildman–Crippen LogP) is 3.50. The number of pyridine rings is 4. The third kappa shape index (κ3) is 17.3. The normalized spacial score (nSPS) is 12.0. The minimum Gasteiger partial charge on any atom is -0.657 e. The minimum absolute atomic E-state index is 0. The Kier molecular flexibility index (Phi) is 23.5. The fourth-order valence-electron chi connectivity index (χ4n) is 10.7. The first-order chi connectivity index (χ1) is 42.2. The largest absolute Gasteiger partial charge is 2.00 e. The fraction of sp³-hybridized carbons (Fsp3) is 0.343. The second kappa shape index (κ2) is 31.5. The molecule has 20 nitrogen and oxygen atoms in total. The molecule has 0 spiro atoms. The first-order valence-electron chi connectivity index (χ1n) is 29.7. The molecule has 0 saturated carbocycles. The maximum absolute atomic E-state index is 14.0. The maximum atomic E-state index is 14.0. The monoisotopic (exact) mass is 1200 g/mol. The molecule has 7 aromatic heterocycles. The van der Waals surface area contributed by atoms with Gasteiger partial charge in [-0.1, -0.05) is 22.3 Å². The molecule has 7 aromatic rings. The molecule has 0 atom stereocenters. The molecule has 2 aliphatic rings. The number of nitrogens with two attached hydrogens (primary N) is 4. The fourth-order valence-corrected chi connectivity index (χ4v) is 10.7. The van der Waals surface area contributed by atoms with Crippen LogP contribution in [0.5, 0.6) is 0 Å². The van der Waals surface area contributed by atoms with Gasteiger partial charge < -0.3 is 51.9 Å². The van der Waals surface area contributed by atoms with Gasteiger partial charge in [0.15, 0.2) is 75.8 Å². The number of aryl methyl sites for hydroxylation is 4. The summed E-state index contributed by atoms with van der Waals surface area (Å²) in [5, 5.41) is 0. The van der Waals surface area contributed by atoms with Gasteiger partial charge in [-0.25, -0.2) is 28.2 Å². The number of aromatic amines is 2. The van der Waals surface area contributed by atoms with Gasteiger partial charge in [0.2, 0.25) is 22.8 Å². The molecule has 0 aromatic carbocycles. The van der Waals surface area contributed by atoms with Gasteiger partial charge in [0.1, 0.15) is 26.4 Å².